The van der Waals surface area contributed by atoms with Gasteiger partial charge < -0.3 is 10.6 Å². The summed E-state index contributed by atoms with van der Waals surface area (Å²) in [4.78, 5) is 12.7. The molecule has 2 aliphatic rings. The van der Waals surface area contributed by atoms with Gasteiger partial charge in [-0.1, -0.05) is 31.4 Å². The molecule has 0 radical (unpaired) electrons. The van der Waals surface area contributed by atoms with E-state index in [0.29, 0.717) is 36.9 Å². The Morgan fingerprint density at radius 3 is 2.12 bits per heavy atom. The Bertz CT molecular complexity index is 992. The molecule has 0 bridgehead atoms. The van der Waals surface area contributed by atoms with E-state index in [9.17, 15) is 13.2 Å². The summed E-state index contributed by atoms with van der Waals surface area (Å²) in [7, 11) is -3.39. The lowest BCUT2D eigenvalue weighted by Crippen LogP contribution is -2.27. The molecule has 2 aromatic rings. The molecular weight excluding hydrogens is 422 g/mol. The normalized spacial score (nSPS) is 17.9. The number of rotatable bonds is 8. The van der Waals surface area contributed by atoms with Crippen LogP contribution >= 0.6 is 0 Å². The van der Waals surface area contributed by atoms with E-state index in [1.807, 2.05) is 36.4 Å². The van der Waals surface area contributed by atoms with Crippen molar-refractivity contribution >= 4 is 27.3 Å². The lowest BCUT2D eigenvalue weighted by Gasteiger charge is -2.23. The zero-order valence-electron chi connectivity index (χ0n) is 18.6. The largest absolute Gasteiger partial charge is 0.382 e. The lowest BCUT2D eigenvalue weighted by molar-refractivity contribution is -0.116. The Morgan fingerprint density at radius 2 is 1.47 bits per heavy atom. The third kappa shape index (κ3) is 5.90. The first-order valence-corrected chi connectivity index (χ1v) is 13.2. The average Bonchev–Trinajstić information content (AvgIpc) is 3.36. The van der Waals surface area contributed by atoms with Gasteiger partial charge in [-0.3, -0.25) is 4.79 Å². The molecule has 0 unspecified atom stereocenters. The van der Waals surface area contributed by atoms with E-state index in [1.165, 1.54) is 32.1 Å². The summed E-state index contributed by atoms with van der Waals surface area (Å²) in [5.41, 5.74) is 2.84. The zero-order chi connectivity index (χ0) is 22.4. The quantitative estimate of drug-likeness (QED) is 0.600. The molecule has 172 valence electrons. The van der Waals surface area contributed by atoms with Crippen LogP contribution in [0.4, 0.5) is 11.4 Å². The summed E-state index contributed by atoms with van der Waals surface area (Å²) in [6.45, 7) is 1.20. The third-order valence-electron chi connectivity index (χ3n) is 6.41. The standard InChI is InChI=1S/C25H33N3O3S/c29-25(27-23-13-11-22(12-14-23)26-21-6-2-1-3-7-21)17-10-20-8-15-24(16-9-20)32(30,31)28-18-4-5-19-28/h8-9,11-16,21,26H,1-7,10,17-19H2,(H,27,29). The molecule has 7 heteroatoms. The second-order valence-electron chi connectivity index (χ2n) is 8.86. The minimum absolute atomic E-state index is 0.0493. The van der Waals surface area contributed by atoms with Gasteiger partial charge >= 0.3 is 0 Å². The number of anilines is 2. The van der Waals surface area contributed by atoms with E-state index in [4.69, 9.17) is 0 Å². The highest BCUT2D eigenvalue weighted by molar-refractivity contribution is 7.89. The maximum atomic E-state index is 12.6. The van der Waals surface area contributed by atoms with Crippen LogP contribution in [0.15, 0.2) is 53.4 Å². The highest BCUT2D eigenvalue weighted by atomic mass is 32.2. The van der Waals surface area contributed by atoms with E-state index in [1.54, 1.807) is 16.4 Å². The van der Waals surface area contributed by atoms with Gasteiger partial charge in [0.1, 0.15) is 0 Å². The van der Waals surface area contributed by atoms with Gasteiger partial charge in [-0.15, -0.1) is 0 Å². The number of benzene rings is 2. The molecule has 4 rings (SSSR count). The van der Waals surface area contributed by atoms with Gasteiger partial charge in [0, 0.05) is 36.9 Å². The molecule has 1 saturated carbocycles. The molecule has 6 nitrogen and oxygen atoms in total. The number of sulfonamides is 1. The van der Waals surface area contributed by atoms with Crippen LogP contribution in [0.3, 0.4) is 0 Å². The van der Waals surface area contributed by atoms with Crippen molar-refractivity contribution in [2.45, 2.75) is 68.7 Å². The fourth-order valence-electron chi connectivity index (χ4n) is 4.52. The predicted octanol–water partition coefficient (Wildman–Crippen LogP) is 4.79. The number of nitrogens with one attached hydrogen (secondary N) is 2. The molecule has 1 aliphatic heterocycles. The molecule has 0 atom stereocenters. The summed E-state index contributed by atoms with van der Waals surface area (Å²) in [6, 6.07) is 15.4. The van der Waals surface area contributed by atoms with Crippen molar-refractivity contribution in [3.8, 4) is 0 Å². The van der Waals surface area contributed by atoms with Gasteiger partial charge in [0.2, 0.25) is 15.9 Å². The van der Waals surface area contributed by atoms with Crippen LogP contribution < -0.4 is 10.6 Å². The molecule has 1 aliphatic carbocycles. The van der Waals surface area contributed by atoms with Crippen LogP contribution in [0.1, 0.15) is 56.9 Å². The van der Waals surface area contributed by atoms with Gasteiger partial charge in [-0.2, -0.15) is 4.31 Å². The van der Waals surface area contributed by atoms with Gasteiger partial charge in [0.15, 0.2) is 0 Å². The van der Waals surface area contributed by atoms with Crippen molar-refractivity contribution in [2.24, 2.45) is 0 Å². The van der Waals surface area contributed by atoms with Gasteiger partial charge in [-0.25, -0.2) is 8.42 Å². The number of carbonyl (C=O) groups excluding carboxylic acids is 1. The second kappa shape index (κ2) is 10.5. The van der Waals surface area contributed by atoms with Crippen molar-refractivity contribution in [2.75, 3.05) is 23.7 Å². The Hall–Kier alpha value is -2.38. The molecular formula is C25H33N3O3S. The third-order valence-corrected chi connectivity index (χ3v) is 8.32. The van der Waals surface area contributed by atoms with Gasteiger partial charge in [0.05, 0.1) is 4.90 Å². The monoisotopic (exact) mass is 455 g/mol. The Morgan fingerprint density at radius 1 is 0.844 bits per heavy atom. The summed E-state index contributed by atoms with van der Waals surface area (Å²) in [5, 5.41) is 6.53. The van der Waals surface area contributed by atoms with E-state index in [2.05, 4.69) is 10.6 Å². The van der Waals surface area contributed by atoms with Crippen LogP contribution in [-0.2, 0) is 21.2 Å². The molecule has 1 saturated heterocycles. The number of nitrogens with zero attached hydrogens (tertiary/aromatic N) is 1. The van der Waals surface area contributed by atoms with Crippen molar-refractivity contribution in [1.82, 2.24) is 4.31 Å². The lowest BCUT2D eigenvalue weighted by atomic mass is 9.95. The predicted molar refractivity (Wildman–Crippen MR) is 128 cm³/mol. The molecule has 1 amide bonds. The number of amides is 1. The molecule has 2 N–H and O–H groups in total. The van der Waals surface area contributed by atoms with Crippen LogP contribution in [0, 0.1) is 0 Å². The molecule has 2 aromatic carbocycles. The maximum Gasteiger partial charge on any atom is 0.243 e. The molecule has 2 fully saturated rings. The number of hydrogen-bond acceptors (Lipinski definition) is 4. The summed E-state index contributed by atoms with van der Waals surface area (Å²) in [6.07, 6.45) is 9.14. The van der Waals surface area contributed by atoms with Gasteiger partial charge in [-0.05, 0) is 74.1 Å². The number of hydrogen-bond donors (Lipinski definition) is 2. The Labute approximate surface area is 191 Å². The minimum atomic E-state index is -3.39. The molecule has 0 spiro atoms. The SMILES string of the molecule is O=C(CCc1ccc(S(=O)(=O)N2CCCC2)cc1)Nc1ccc(NC2CCCCC2)cc1. The number of carbonyl (C=O) groups is 1. The maximum absolute atomic E-state index is 12.6. The topological polar surface area (TPSA) is 78.5 Å². The molecule has 0 aromatic heterocycles. The van der Waals surface area contributed by atoms with Crippen LogP contribution in [0.2, 0.25) is 0 Å². The number of aryl methyl sites for hydroxylation is 1. The smallest absolute Gasteiger partial charge is 0.243 e. The van der Waals surface area contributed by atoms with Gasteiger partial charge in [0.25, 0.3) is 0 Å². The first kappa shape index (κ1) is 22.8. The Kier molecular flexibility index (Phi) is 7.48. The first-order chi connectivity index (χ1) is 15.5. The highest BCUT2D eigenvalue weighted by Crippen LogP contribution is 2.23. The van der Waals surface area contributed by atoms with Crippen molar-refractivity contribution in [1.29, 1.82) is 0 Å². The second-order valence-corrected chi connectivity index (χ2v) is 10.8. The summed E-state index contributed by atoms with van der Waals surface area (Å²) < 4.78 is 26.8. The fourth-order valence-corrected chi connectivity index (χ4v) is 6.04. The first-order valence-electron chi connectivity index (χ1n) is 11.8. The molecule has 32 heavy (non-hydrogen) atoms. The van der Waals surface area contributed by atoms with Crippen molar-refractivity contribution in [3.63, 3.8) is 0 Å². The zero-order valence-corrected chi connectivity index (χ0v) is 19.4. The fraction of sp³-hybridized carbons (Fsp3) is 0.480. The van der Waals surface area contributed by atoms with Crippen molar-refractivity contribution < 1.29 is 13.2 Å². The minimum Gasteiger partial charge on any atom is -0.382 e. The van der Waals surface area contributed by atoms with E-state index >= 15 is 0 Å². The summed E-state index contributed by atoms with van der Waals surface area (Å²) >= 11 is 0. The van der Waals surface area contributed by atoms with Crippen LogP contribution in [0.25, 0.3) is 0 Å². The van der Waals surface area contributed by atoms with E-state index < -0.39 is 10.0 Å². The molecule has 1 heterocycles. The average molecular weight is 456 g/mol. The van der Waals surface area contributed by atoms with Crippen LogP contribution in [-0.4, -0.2) is 37.8 Å². The van der Waals surface area contributed by atoms with E-state index in [-0.39, 0.29) is 5.91 Å². The van der Waals surface area contributed by atoms with Crippen molar-refractivity contribution in [3.05, 3.63) is 54.1 Å². The Balaban J connectivity index is 1.24. The highest BCUT2D eigenvalue weighted by Gasteiger charge is 2.26. The summed E-state index contributed by atoms with van der Waals surface area (Å²) in [5.74, 6) is -0.0493. The van der Waals surface area contributed by atoms with Crippen LogP contribution in [0.5, 0.6) is 0 Å². The van der Waals surface area contributed by atoms with E-state index in [0.717, 1.165) is 29.8 Å².